The van der Waals surface area contributed by atoms with E-state index in [1.54, 1.807) is 0 Å². The molecule has 0 radical (unpaired) electrons. The zero-order valence-corrected chi connectivity index (χ0v) is 15.6. The Kier molecular flexibility index (Phi) is 6.56. The van der Waals surface area contributed by atoms with E-state index in [0.29, 0.717) is 17.9 Å². The fourth-order valence-electron chi connectivity index (χ4n) is 2.97. The van der Waals surface area contributed by atoms with Crippen molar-refractivity contribution < 1.29 is 23.7 Å². The van der Waals surface area contributed by atoms with E-state index in [0.717, 1.165) is 39.3 Å². The monoisotopic (exact) mass is 390 g/mol. The Morgan fingerprint density at radius 3 is 2.68 bits per heavy atom. The SMILES string of the molecule is COC(=O)c1c(NCCCN2CCOCC2)noc1-c1ccc([N+](=O)[O-])cc1. The third-order valence-corrected chi connectivity index (χ3v) is 4.47. The molecule has 0 atom stereocenters. The second-order valence-corrected chi connectivity index (χ2v) is 6.27. The summed E-state index contributed by atoms with van der Waals surface area (Å²) in [6.07, 6.45) is 0.861. The first-order valence-electron chi connectivity index (χ1n) is 8.97. The molecule has 0 spiro atoms. The van der Waals surface area contributed by atoms with Crippen molar-refractivity contribution in [3.63, 3.8) is 0 Å². The highest BCUT2D eigenvalue weighted by Gasteiger charge is 2.25. The third kappa shape index (κ3) is 4.65. The van der Waals surface area contributed by atoms with Crippen LogP contribution in [0.3, 0.4) is 0 Å². The molecule has 1 aliphatic rings. The maximum absolute atomic E-state index is 12.3. The van der Waals surface area contributed by atoms with E-state index in [1.807, 2.05) is 0 Å². The molecule has 10 heteroatoms. The molecule has 0 bridgehead atoms. The first-order chi connectivity index (χ1) is 13.6. The number of anilines is 1. The number of non-ortho nitro benzene ring substituents is 1. The van der Waals surface area contributed by atoms with E-state index in [9.17, 15) is 14.9 Å². The molecule has 1 N–H and O–H groups in total. The van der Waals surface area contributed by atoms with Gasteiger partial charge in [0.25, 0.3) is 5.69 Å². The summed E-state index contributed by atoms with van der Waals surface area (Å²) >= 11 is 0. The van der Waals surface area contributed by atoms with Crippen molar-refractivity contribution in [1.82, 2.24) is 10.1 Å². The van der Waals surface area contributed by atoms with Crippen LogP contribution in [0.4, 0.5) is 11.5 Å². The molecule has 150 valence electrons. The number of benzene rings is 1. The molecular formula is C18H22N4O6. The van der Waals surface area contributed by atoms with Gasteiger partial charge in [-0.1, -0.05) is 5.16 Å². The molecule has 1 aromatic carbocycles. The summed E-state index contributed by atoms with van der Waals surface area (Å²) in [7, 11) is 1.27. The number of morpholine rings is 1. The van der Waals surface area contributed by atoms with Crippen LogP contribution >= 0.6 is 0 Å². The first-order valence-corrected chi connectivity index (χ1v) is 8.97. The number of nitro groups is 1. The molecule has 0 aliphatic carbocycles. The van der Waals surface area contributed by atoms with Gasteiger partial charge in [-0.2, -0.15) is 0 Å². The van der Waals surface area contributed by atoms with Crippen LogP contribution < -0.4 is 5.32 Å². The molecule has 1 aromatic heterocycles. The fraction of sp³-hybridized carbons (Fsp3) is 0.444. The molecule has 10 nitrogen and oxygen atoms in total. The predicted octanol–water partition coefficient (Wildman–Crippen LogP) is 2.17. The molecule has 0 saturated carbocycles. The summed E-state index contributed by atoms with van der Waals surface area (Å²) in [5.74, 6) is -0.0927. The maximum Gasteiger partial charge on any atom is 0.345 e. The quantitative estimate of drug-likeness (QED) is 0.313. The van der Waals surface area contributed by atoms with Gasteiger partial charge in [0.05, 0.1) is 25.2 Å². The highest BCUT2D eigenvalue weighted by molar-refractivity contribution is 6.00. The summed E-state index contributed by atoms with van der Waals surface area (Å²) < 4.78 is 15.5. The van der Waals surface area contributed by atoms with Crippen LogP contribution in [0.5, 0.6) is 0 Å². The van der Waals surface area contributed by atoms with E-state index in [-0.39, 0.29) is 17.0 Å². The van der Waals surface area contributed by atoms with Crippen molar-refractivity contribution >= 4 is 17.5 Å². The number of methoxy groups -OCH3 is 1. The minimum atomic E-state index is -0.592. The van der Waals surface area contributed by atoms with Crippen LogP contribution in [0.2, 0.25) is 0 Å². The minimum absolute atomic E-state index is 0.0515. The average Bonchev–Trinajstić information content (AvgIpc) is 3.15. The van der Waals surface area contributed by atoms with Gasteiger partial charge in [0, 0.05) is 37.3 Å². The number of ether oxygens (including phenoxy) is 2. The Morgan fingerprint density at radius 1 is 1.32 bits per heavy atom. The van der Waals surface area contributed by atoms with E-state index in [2.05, 4.69) is 15.4 Å². The lowest BCUT2D eigenvalue weighted by molar-refractivity contribution is -0.384. The highest BCUT2D eigenvalue weighted by atomic mass is 16.6. The van der Waals surface area contributed by atoms with Gasteiger partial charge in [0.1, 0.15) is 0 Å². The van der Waals surface area contributed by atoms with Crippen LogP contribution in [-0.4, -0.2) is 67.5 Å². The van der Waals surface area contributed by atoms with Crippen LogP contribution in [0, 0.1) is 10.1 Å². The molecule has 3 rings (SSSR count). The summed E-state index contributed by atoms with van der Waals surface area (Å²) in [4.78, 5) is 24.9. The molecule has 1 aliphatic heterocycles. The Hall–Kier alpha value is -2.98. The second-order valence-electron chi connectivity index (χ2n) is 6.27. The molecule has 28 heavy (non-hydrogen) atoms. The lowest BCUT2D eigenvalue weighted by Gasteiger charge is -2.26. The number of esters is 1. The van der Waals surface area contributed by atoms with Crippen molar-refractivity contribution in [3.8, 4) is 11.3 Å². The smallest absolute Gasteiger partial charge is 0.345 e. The number of aromatic nitrogens is 1. The van der Waals surface area contributed by atoms with Gasteiger partial charge in [0.15, 0.2) is 17.1 Å². The summed E-state index contributed by atoms with van der Waals surface area (Å²) in [5, 5.41) is 17.9. The topological polar surface area (TPSA) is 120 Å². The van der Waals surface area contributed by atoms with Crippen LogP contribution in [-0.2, 0) is 9.47 Å². The number of nitro benzene ring substituents is 1. The van der Waals surface area contributed by atoms with E-state index in [4.69, 9.17) is 14.0 Å². The fourth-order valence-corrected chi connectivity index (χ4v) is 2.97. The first kappa shape index (κ1) is 19.8. The van der Waals surface area contributed by atoms with Gasteiger partial charge in [-0.3, -0.25) is 15.0 Å². The predicted molar refractivity (Wildman–Crippen MR) is 100 cm³/mol. The Bertz CT molecular complexity index is 814. The van der Waals surface area contributed by atoms with Crippen LogP contribution in [0.15, 0.2) is 28.8 Å². The van der Waals surface area contributed by atoms with Crippen molar-refractivity contribution in [2.75, 3.05) is 51.8 Å². The molecular weight excluding hydrogens is 368 g/mol. The van der Waals surface area contributed by atoms with E-state index < -0.39 is 10.9 Å². The lowest BCUT2D eigenvalue weighted by atomic mass is 10.1. The van der Waals surface area contributed by atoms with Crippen molar-refractivity contribution in [2.45, 2.75) is 6.42 Å². The summed E-state index contributed by atoms with van der Waals surface area (Å²) in [6.45, 7) is 4.86. The number of nitrogens with zero attached hydrogens (tertiary/aromatic N) is 3. The molecule has 2 heterocycles. The van der Waals surface area contributed by atoms with Gasteiger partial charge >= 0.3 is 5.97 Å². The average molecular weight is 390 g/mol. The van der Waals surface area contributed by atoms with Crippen molar-refractivity contribution in [3.05, 3.63) is 39.9 Å². The third-order valence-electron chi connectivity index (χ3n) is 4.47. The number of nitrogens with one attached hydrogen (secondary N) is 1. The molecule has 1 fully saturated rings. The van der Waals surface area contributed by atoms with Gasteiger partial charge in [-0.05, 0) is 25.1 Å². The zero-order chi connectivity index (χ0) is 19.9. The number of rotatable bonds is 8. The normalized spacial score (nSPS) is 14.6. The van der Waals surface area contributed by atoms with Gasteiger partial charge in [-0.15, -0.1) is 0 Å². The molecule has 0 amide bonds. The van der Waals surface area contributed by atoms with Gasteiger partial charge in [-0.25, -0.2) is 4.79 Å². The van der Waals surface area contributed by atoms with Crippen molar-refractivity contribution in [1.29, 1.82) is 0 Å². The van der Waals surface area contributed by atoms with Crippen LogP contribution in [0.25, 0.3) is 11.3 Å². The minimum Gasteiger partial charge on any atom is -0.465 e. The van der Waals surface area contributed by atoms with E-state index in [1.165, 1.54) is 31.4 Å². The Balaban J connectivity index is 1.69. The van der Waals surface area contributed by atoms with Gasteiger partial charge < -0.3 is 19.3 Å². The second kappa shape index (κ2) is 9.29. The maximum atomic E-state index is 12.3. The number of hydrogen-bond donors (Lipinski definition) is 1. The number of carbonyl (C=O) groups is 1. The number of carbonyl (C=O) groups excluding carboxylic acids is 1. The summed E-state index contributed by atoms with van der Waals surface area (Å²) in [5.41, 5.74) is 0.618. The Morgan fingerprint density at radius 2 is 2.04 bits per heavy atom. The largest absolute Gasteiger partial charge is 0.465 e. The van der Waals surface area contributed by atoms with Crippen LogP contribution in [0.1, 0.15) is 16.8 Å². The zero-order valence-electron chi connectivity index (χ0n) is 15.6. The summed E-state index contributed by atoms with van der Waals surface area (Å²) in [6, 6.07) is 5.70. The molecule has 0 unspecified atom stereocenters. The van der Waals surface area contributed by atoms with E-state index >= 15 is 0 Å². The van der Waals surface area contributed by atoms with Crippen molar-refractivity contribution in [2.24, 2.45) is 0 Å². The van der Waals surface area contributed by atoms with Gasteiger partial charge in [0.2, 0.25) is 0 Å². The lowest BCUT2D eigenvalue weighted by Crippen LogP contribution is -2.37. The molecule has 2 aromatic rings. The Labute approximate surface area is 161 Å². The standard InChI is InChI=1S/C18H22N4O6/c1-26-18(23)15-16(13-3-5-14(6-4-13)22(24)25)28-20-17(15)19-7-2-8-21-9-11-27-12-10-21/h3-6H,2,7-12H2,1H3,(H,19,20). The number of hydrogen-bond acceptors (Lipinski definition) is 9. The highest BCUT2D eigenvalue weighted by Crippen LogP contribution is 2.31. The molecule has 1 saturated heterocycles.